The van der Waals surface area contributed by atoms with E-state index in [1.54, 1.807) is 10.7 Å². The number of aromatic nitrogens is 2. The Hall–Kier alpha value is -1.68. The number of benzene rings is 1. The Morgan fingerprint density at radius 1 is 1.17 bits per heavy atom. The molecule has 4 heteroatoms. The van der Waals surface area contributed by atoms with Crippen LogP contribution in [-0.4, -0.2) is 14.9 Å². The first kappa shape index (κ1) is 12.8. The molecule has 0 amide bonds. The van der Waals surface area contributed by atoms with Crippen LogP contribution in [0.25, 0.3) is 5.69 Å². The molecule has 2 aromatic rings. The van der Waals surface area contributed by atoms with Gasteiger partial charge in [-0.2, -0.15) is 5.10 Å². The van der Waals surface area contributed by atoms with Gasteiger partial charge in [-0.25, -0.2) is 9.07 Å². The number of rotatable bonds is 4. The van der Waals surface area contributed by atoms with Crippen molar-refractivity contribution in [2.45, 2.75) is 33.3 Å². The normalized spacial score (nSPS) is 10.9. The first-order valence-electron chi connectivity index (χ1n) is 6.16. The van der Waals surface area contributed by atoms with Gasteiger partial charge in [0.1, 0.15) is 5.82 Å². The molecule has 0 fully saturated rings. The molecule has 0 saturated carbocycles. The third-order valence-electron chi connectivity index (χ3n) is 2.93. The molecule has 1 heterocycles. The van der Waals surface area contributed by atoms with Gasteiger partial charge in [0.25, 0.3) is 0 Å². The Morgan fingerprint density at radius 2 is 1.94 bits per heavy atom. The molecule has 0 aliphatic carbocycles. The van der Waals surface area contributed by atoms with Gasteiger partial charge in [-0.15, -0.1) is 0 Å². The number of aliphatic hydroxyl groups is 1. The van der Waals surface area contributed by atoms with Crippen LogP contribution >= 0.6 is 0 Å². The number of nitrogens with zero attached hydrogens (tertiary/aromatic N) is 2. The zero-order valence-corrected chi connectivity index (χ0v) is 10.7. The summed E-state index contributed by atoms with van der Waals surface area (Å²) in [6.45, 7) is 3.91. The third-order valence-corrected chi connectivity index (χ3v) is 2.93. The van der Waals surface area contributed by atoms with E-state index in [0.29, 0.717) is 11.3 Å². The topological polar surface area (TPSA) is 38.0 Å². The summed E-state index contributed by atoms with van der Waals surface area (Å²) in [6.07, 6.45) is 1.68. The molecule has 18 heavy (non-hydrogen) atoms. The van der Waals surface area contributed by atoms with Gasteiger partial charge in [0.2, 0.25) is 0 Å². The molecule has 3 nitrogen and oxygen atoms in total. The van der Waals surface area contributed by atoms with Crippen molar-refractivity contribution in [3.63, 3.8) is 0 Å². The maximum atomic E-state index is 13.5. The van der Waals surface area contributed by atoms with E-state index in [1.165, 1.54) is 12.1 Å². The fourth-order valence-corrected chi connectivity index (χ4v) is 1.97. The SMILES string of the molecule is CCc1cc(CC)n(-c2cc(F)cc(CO)c2)n1. The van der Waals surface area contributed by atoms with Crippen LogP contribution in [-0.2, 0) is 19.4 Å². The van der Waals surface area contributed by atoms with Gasteiger partial charge in [-0.1, -0.05) is 13.8 Å². The number of aryl methyl sites for hydroxylation is 2. The van der Waals surface area contributed by atoms with Gasteiger partial charge in [-0.3, -0.25) is 0 Å². The van der Waals surface area contributed by atoms with E-state index >= 15 is 0 Å². The second-order valence-corrected chi connectivity index (χ2v) is 4.22. The molecule has 96 valence electrons. The van der Waals surface area contributed by atoms with Crippen molar-refractivity contribution in [1.29, 1.82) is 0 Å². The minimum atomic E-state index is -0.354. The molecular formula is C14H17FN2O. The van der Waals surface area contributed by atoms with Gasteiger partial charge in [0.15, 0.2) is 0 Å². The van der Waals surface area contributed by atoms with E-state index < -0.39 is 0 Å². The maximum absolute atomic E-state index is 13.5. The average molecular weight is 248 g/mol. The Bertz CT molecular complexity index is 549. The summed E-state index contributed by atoms with van der Waals surface area (Å²) in [6, 6.07) is 6.56. The molecule has 0 aliphatic heterocycles. The summed E-state index contributed by atoms with van der Waals surface area (Å²) in [4.78, 5) is 0. The average Bonchev–Trinajstić information content (AvgIpc) is 2.81. The minimum Gasteiger partial charge on any atom is -0.392 e. The fraction of sp³-hybridized carbons (Fsp3) is 0.357. The van der Waals surface area contributed by atoms with Gasteiger partial charge in [0.05, 0.1) is 18.0 Å². The van der Waals surface area contributed by atoms with Crippen LogP contribution in [0.2, 0.25) is 0 Å². The highest BCUT2D eigenvalue weighted by Gasteiger charge is 2.09. The predicted octanol–water partition coefficient (Wildman–Crippen LogP) is 2.63. The van der Waals surface area contributed by atoms with Crippen molar-refractivity contribution in [3.8, 4) is 5.69 Å². The second-order valence-electron chi connectivity index (χ2n) is 4.22. The Kier molecular flexibility index (Phi) is 3.77. The number of hydrogen-bond donors (Lipinski definition) is 1. The van der Waals surface area contributed by atoms with Crippen molar-refractivity contribution in [2.24, 2.45) is 0 Å². The zero-order chi connectivity index (χ0) is 13.1. The Balaban J connectivity index is 2.53. The van der Waals surface area contributed by atoms with Crippen LogP contribution in [0.1, 0.15) is 30.8 Å². The second kappa shape index (κ2) is 5.31. The molecule has 1 N–H and O–H groups in total. The Labute approximate surface area is 106 Å². The summed E-state index contributed by atoms with van der Waals surface area (Å²) < 4.78 is 15.2. The quantitative estimate of drug-likeness (QED) is 0.903. The highest BCUT2D eigenvalue weighted by atomic mass is 19.1. The van der Waals surface area contributed by atoms with Gasteiger partial charge >= 0.3 is 0 Å². The van der Waals surface area contributed by atoms with E-state index in [2.05, 4.69) is 5.10 Å². The first-order chi connectivity index (χ1) is 8.67. The van der Waals surface area contributed by atoms with Crippen molar-refractivity contribution in [3.05, 3.63) is 47.0 Å². The summed E-state index contributed by atoms with van der Waals surface area (Å²) in [5, 5.41) is 13.6. The van der Waals surface area contributed by atoms with Crippen LogP contribution in [0.15, 0.2) is 24.3 Å². The van der Waals surface area contributed by atoms with E-state index in [9.17, 15) is 4.39 Å². The van der Waals surface area contributed by atoms with Crippen LogP contribution < -0.4 is 0 Å². The molecule has 0 spiro atoms. The summed E-state index contributed by atoms with van der Waals surface area (Å²) in [5.74, 6) is -0.354. The van der Waals surface area contributed by atoms with Gasteiger partial charge in [-0.05, 0) is 42.7 Å². The molecule has 0 unspecified atom stereocenters. The van der Waals surface area contributed by atoms with Crippen molar-refractivity contribution >= 4 is 0 Å². The largest absolute Gasteiger partial charge is 0.392 e. The van der Waals surface area contributed by atoms with E-state index in [-0.39, 0.29) is 12.4 Å². The highest BCUT2D eigenvalue weighted by molar-refractivity contribution is 5.38. The lowest BCUT2D eigenvalue weighted by Gasteiger charge is -2.08. The maximum Gasteiger partial charge on any atom is 0.125 e. The monoisotopic (exact) mass is 248 g/mol. The molecule has 1 aromatic heterocycles. The highest BCUT2D eigenvalue weighted by Crippen LogP contribution is 2.17. The fourth-order valence-electron chi connectivity index (χ4n) is 1.97. The Morgan fingerprint density at radius 3 is 2.56 bits per heavy atom. The molecule has 2 rings (SSSR count). The van der Waals surface area contributed by atoms with E-state index in [1.807, 2.05) is 19.9 Å². The standard InChI is InChI=1S/C14H17FN2O/c1-3-12-8-13(4-2)17(16-12)14-6-10(9-18)5-11(15)7-14/h5-8,18H,3-4,9H2,1-2H3. The van der Waals surface area contributed by atoms with E-state index in [0.717, 1.165) is 24.2 Å². The number of aliphatic hydroxyl groups excluding tert-OH is 1. The van der Waals surface area contributed by atoms with Crippen LogP contribution in [0.4, 0.5) is 4.39 Å². The predicted molar refractivity (Wildman–Crippen MR) is 68.2 cm³/mol. The zero-order valence-electron chi connectivity index (χ0n) is 10.7. The lowest BCUT2D eigenvalue weighted by Crippen LogP contribution is -2.03. The van der Waals surface area contributed by atoms with Crippen molar-refractivity contribution in [1.82, 2.24) is 9.78 Å². The van der Waals surface area contributed by atoms with Crippen molar-refractivity contribution in [2.75, 3.05) is 0 Å². The van der Waals surface area contributed by atoms with Crippen LogP contribution in [0.3, 0.4) is 0 Å². The number of halogens is 1. The number of hydrogen-bond acceptors (Lipinski definition) is 2. The van der Waals surface area contributed by atoms with Gasteiger partial charge in [0, 0.05) is 5.69 Å². The molecule has 0 bridgehead atoms. The molecule has 0 radical (unpaired) electrons. The third kappa shape index (κ3) is 2.43. The first-order valence-corrected chi connectivity index (χ1v) is 6.16. The molecule has 0 atom stereocenters. The molecular weight excluding hydrogens is 231 g/mol. The summed E-state index contributed by atoms with van der Waals surface area (Å²) in [7, 11) is 0. The summed E-state index contributed by atoms with van der Waals surface area (Å²) in [5.41, 5.74) is 3.25. The minimum absolute atomic E-state index is 0.172. The van der Waals surface area contributed by atoms with Crippen LogP contribution in [0, 0.1) is 5.82 Å². The smallest absolute Gasteiger partial charge is 0.125 e. The van der Waals surface area contributed by atoms with Crippen LogP contribution in [0.5, 0.6) is 0 Å². The molecule has 0 saturated heterocycles. The lowest BCUT2D eigenvalue weighted by molar-refractivity contribution is 0.281. The van der Waals surface area contributed by atoms with Gasteiger partial charge < -0.3 is 5.11 Å². The van der Waals surface area contributed by atoms with Crippen molar-refractivity contribution < 1.29 is 9.50 Å². The lowest BCUT2D eigenvalue weighted by atomic mass is 10.2. The van der Waals surface area contributed by atoms with E-state index in [4.69, 9.17) is 5.11 Å². The molecule has 0 aliphatic rings. The molecule has 1 aromatic carbocycles. The summed E-state index contributed by atoms with van der Waals surface area (Å²) >= 11 is 0.